The van der Waals surface area contributed by atoms with Crippen molar-refractivity contribution in [1.29, 1.82) is 0 Å². The van der Waals surface area contributed by atoms with Gasteiger partial charge in [0, 0.05) is 12.6 Å². The maximum Gasteiger partial charge on any atom is 0.142 e. The molecule has 1 saturated carbocycles. The summed E-state index contributed by atoms with van der Waals surface area (Å²) in [6, 6.07) is 3.26. The quantitative estimate of drug-likeness (QED) is 0.738. The van der Waals surface area contributed by atoms with Crippen LogP contribution in [0.4, 0.5) is 0 Å². The van der Waals surface area contributed by atoms with E-state index in [1.165, 1.54) is 0 Å². The first-order chi connectivity index (χ1) is 6.79. The fraction of sp³-hybridized carbons (Fsp3) is 0.455. The standard InChI is InChI=1S/C11H13NO2/c13-9-5-2-1-4-8(9)11-10(14)6-3-7-12-11/h3,6-8,14H,1-2,4-5H2. The Morgan fingerprint density at radius 1 is 1.43 bits per heavy atom. The second-order valence-electron chi connectivity index (χ2n) is 3.67. The predicted octanol–water partition coefficient (Wildman–Crippen LogP) is 2.01. The van der Waals surface area contributed by atoms with Crippen LogP contribution in [0.2, 0.25) is 0 Å². The van der Waals surface area contributed by atoms with Gasteiger partial charge in [0.05, 0.1) is 11.6 Å². The van der Waals surface area contributed by atoms with Gasteiger partial charge in [-0.3, -0.25) is 9.78 Å². The third kappa shape index (κ3) is 1.62. The average Bonchev–Trinajstić information content (AvgIpc) is 2.20. The summed E-state index contributed by atoms with van der Waals surface area (Å²) in [4.78, 5) is 15.7. The zero-order valence-electron chi connectivity index (χ0n) is 7.94. The fourth-order valence-electron chi connectivity index (χ4n) is 1.95. The third-order valence-corrected chi connectivity index (χ3v) is 2.70. The highest BCUT2D eigenvalue weighted by Gasteiger charge is 2.26. The summed E-state index contributed by atoms with van der Waals surface area (Å²) in [5, 5.41) is 9.57. The molecule has 0 bridgehead atoms. The van der Waals surface area contributed by atoms with Gasteiger partial charge in [-0.1, -0.05) is 6.42 Å². The molecule has 1 heterocycles. The summed E-state index contributed by atoms with van der Waals surface area (Å²) in [6.07, 6.45) is 5.09. The van der Waals surface area contributed by atoms with Crippen molar-refractivity contribution in [2.75, 3.05) is 0 Å². The number of carbonyl (C=O) groups is 1. The van der Waals surface area contributed by atoms with Gasteiger partial charge in [-0.05, 0) is 25.0 Å². The van der Waals surface area contributed by atoms with Crippen molar-refractivity contribution < 1.29 is 9.90 Å². The van der Waals surface area contributed by atoms with Gasteiger partial charge in [0.2, 0.25) is 0 Å². The molecule has 1 fully saturated rings. The van der Waals surface area contributed by atoms with Crippen LogP contribution in [0, 0.1) is 0 Å². The molecule has 1 aliphatic carbocycles. The van der Waals surface area contributed by atoms with E-state index in [4.69, 9.17) is 0 Å². The van der Waals surface area contributed by atoms with Crippen molar-refractivity contribution >= 4 is 5.78 Å². The molecule has 1 atom stereocenters. The van der Waals surface area contributed by atoms with Gasteiger partial charge in [-0.25, -0.2) is 0 Å². The zero-order chi connectivity index (χ0) is 9.97. The minimum atomic E-state index is -0.176. The Kier molecular flexibility index (Phi) is 2.48. The van der Waals surface area contributed by atoms with Crippen molar-refractivity contribution in [1.82, 2.24) is 4.98 Å². The molecule has 0 amide bonds. The number of aromatic hydroxyl groups is 1. The molecular weight excluding hydrogens is 178 g/mol. The van der Waals surface area contributed by atoms with E-state index >= 15 is 0 Å². The van der Waals surface area contributed by atoms with Crippen LogP contribution in [0.5, 0.6) is 5.75 Å². The van der Waals surface area contributed by atoms with E-state index in [0.717, 1.165) is 19.3 Å². The lowest BCUT2D eigenvalue weighted by atomic mass is 9.85. The number of hydrogen-bond donors (Lipinski definition) is 1. The highest BCUT2D eigenvalue weighted by Crippen LogP contribution is 2.32. The van der Waals surface area contributed by atoms with Crippen molar-refractivity contribution in [2.45, 2.75) is 31.6 Å². The molecule has 14 heavy (non-hydrogen) atoms. The first-order valence-corrected chi connectivity index (χ1v) is 4.95. The van der Waals surface area contributed by atoms with Crippen LogP contribution in [0.3, 0.4) is 0 Å². The Morgan fingerprint density at radius 3 is 3.00 bits per heavy atom. The number of Topliss-reactive ketones (excluding diaryl/α,β-unsaturated/α-hetero) is 1. The van der Waals surface area contributed by atoms with Crippen LogP contribution in [0.25, 0.3) is 0 Å². The van der Waals surface area contributed by atoms with Crippen LogP contribution in [0.15, 0.2) is 18.3 Å². The monoisotopic (exact) mass is 191 g/mol. The Morgan fingerprint density at radius 2 is 2.29 bits per heavy atom. The van der Waals surface area contributed by atoms with Gasteiger partial charge in [0.15, 0.2) is 0 Å². The molecule has 0 aliphatic heterocycles. The van der Waals surface area contributed by atoms with Crippen LogP contribution >= 0.6 is 0 Å². The number of carbonyl (C=O) groups excluding carboxylic acids is 1. The van der Waals surface area contributed by atoms with Crippen LogP contribution in [0.1, 0.15) is 37.3 Å². The summed E-state index contributed by atoms with van der Waals surface area (Å²) < 4.78 is 0. The molecule has 2 rings (SSSR count). The highest BCUT2D eigenvalue weighted by atomic mass is 16.3. The second kappa shape index (κ2) is 3.78. The van der Waals surface area contributed by atoms with Gasteiger partial charge in [0.1, 0.15) is 11.5 Å². The predicted molar refractivity (Wildman–Crippen MR) is 52.1 cm³/mol. The summed E-state index contributed by atoms with van der Waals surface area (Å²) in [6.45, 7) is 0. The van der Waals surface area contributed by atoms with E-state index < -0.39 is 0 Å². The van der Waals surface area contributed by atoms with Gasteiger partial charge in [-0.2, -0.15) is 0 Å². The molecule has 1 aliphatic rings. The van der Waals surface area contributed by atoms with E-state index in [-0.39, 0.29) is 17.5 Å². The molecule has 1 unspecified atom stereocenters. The number of hydrogen-bond acceptors (Lipinski definition) is 3. The summed E-state index contributed by atoms with van der Waals surface area (Å²) in [7, 11) is 0. The van der Waals surface area contributed by atoms with Gasteiger partial charge in [-0.15, -0.1) is 0 Å². The molecule has 0 spiro atoms. The van der Waals surface area contributed by atoms with Gasteiger partial charge < -0.3 is 5.11 Å². The molecule has 0 radical (unpaired) electrons. The zero-order valence-corrected chi connectivity index (χ0v) is 7.94. The average molecular weight is 191 g/mol. The number of aromatic nitrogens is 1. The molecule has 1 N–H and O–H groups in total. The third-order valence-electron chi connectivity index (χ3n) is 2.70. The Bertz CT molecular complexity index is 349. The molecule has 1 aromatic heterocycles. The van der Waals surface area contributed by atoms with E-state index in [1.54, 1.807) is 18.3 Å². The lowest BCUT2D eigenvalue weighted by molar-refractivity contribution is -0.122. The van der Waals surface area contributed by atoms with Crippen molar-refractivity contribution in [3.8, 4) is 5.75 Å². The Balaban J connectivity index is 2.29. The number of nitrogens with zero attached hydrogens (tertiary/aromatic N) is 1. The molecule has 74 valence electrons. The topological polar surface area (TPSA) is 50.2 Å². The van der Waals surface area contributed by atoms with Crippen LogP contribution in [-0.4, -0.2) is 15.9 Å². The van der Waals surface area contributed by atoms with Crippen molar-refractivity contribution in [2.24, 2.45) is 0 Å². The lowest BCUT2D eigenvalue weighted by Gasteiger charge is -2.20. The summed E-state index contributed by atoms with van der Waals surface area (Å²) in [5.41, 5.74) is 0.553. The molecule has 0 saturated heterocycles. The minimum absolute atomic E-state index is 0.146. The second-order valence-corrected chi connectivity index (χ2v) is 3.67. The highest BCUT2D eigenvalue weighted by molar-refractivity contribution is 5.86. The van der Waals surface area contributed by atoms with Crippen LogP contribution in [-0.2, 0) is 4.79 Å². The van der Waals surface area contributed by atoms with Crippen molar-refractivity contribution in [3.63, 3.8) is 0 Å². The summed E-state index contributed by atoms with van der Waals surface area (Å²) >= 11 is 0. The fourth-order valence-corrected chi connectivity index (χ4v) is 1.95. The smallest absolute Gasteiger partial charge is 0.142 e. The van der Waals surface area contributed by atoms with Crippen molar-refractivity contribution in [3.05, 3.63) is 24.0 Å². The van der Waals surface area contributed by atoms with Gasteiger partial charge in [0.25, 0.3) is 0 Å². The van der Waals surface area contributed by atoms with E-state index in [0.29, 0.717) is 12.1 Å². The maximum absolute atomic E-state index is 11.6. The lowest BCUT2D eigenvalue weighted by Crippen LogP contribution is -2.18. The molecular formula is C11H13NO2. The molecule has 1 aromatic rings. The van der Waals surface area contributed by atoms with E-state index in [9.17, 15) is 9.90 Å². The number of rotatable bonds is 1. The number of ketones is 1. The van der Waals surface area contributed by atoms with E-state index in [1.807, 2.05) is 0 Å². The largest absolute Gasteiger partial charge is 0.506 e. The maximum atomic E-state index is 11.6. The van der Waals surface area contributed by atoms with Crippen LogP contribution < -0.4 is 0 Å². The minimum Gasteiger partial charge on any atom is -0.506 e. The first kappa shape index (κ1) is 9.19. The first-order valence-electron chi connectivity index (χ1n) is 4.95. The normalized spacial score (nSPS) is 22.3. The van der Waals surface area contributed by atoms with E-state index in [2.05, 4.69) is 4.98 Å². The molecule has 3 nitrogen and oxygen atoms in total. The Hall–Kier alpha value is -1.38. The summed E-state index contributed by atoms with van der Waals surface area (Å²) in [5.74, 6) is 0.183. The van der Waals surface area contributed by atoms with Gasteiger partial charge >= 0.3 is 0 Å². The number of pyridine rings is 1. The molecule has 3 heteroatoms. The molecule has 0 aromatic carbocycles. The Labute approximate surface area is 82.8 Å². The SMILES string of the molecule is O=C1CCCCC1c1ncccc1O.